The molecule has 3 rings (SSSR count). The molecule has 0 aliphatic carbocycles. The van der Waals surface area contributed by atoms with Gasteiger partial charge in [0.25, 0.3) is 5.91 Å². The van der Waals surface area contributed by atoms with E-state index in [2.05, 4.69) is 15.5 Å². The number of hydrogen-bond donors (Lipinski definition) is 1. The van der Waals surface area contributed by atoms with Gasteiger partial charge in [0, 0.05) is 17.8 Å². The Morgan fingerprint density at radius 1 is 1.44 bits per heavy atom. The molecular weight excluding hydrogens is 396 g/mol. The minimum absolute atomic E-state index is 0.152. The first-order chi connectivity index (χ1) is 12.1. The lowest BCUT2D eigenvalue weighted by Crippen LogP contribution is -2.31. The number of nitrogens with zero attached hydrogens (tertiary/aromatic N) is 3. The Morgan fingerprint density at radius 2 is 2.28 bits per heavy atom. The highest BCUT2D eigenvalue weighted by atomic mass is 32.2. The van der Waals surface area contributed by atoms with Gasteiger partial charge in [0.15, 0.2) is 0 Å². The molecule has 1 saturated heterocycles. The minimum Gasteiger partial charge on any atom is -0.300 e. The zero-order valence-corrected chi connectivity index (χ0v) is 16.5. The third-order valence-electron chi connectivity index (χ3n) is 3.27. The molecule has 0 saturated carbocycles. The van der Waals surface area contributed by atoms with E-state index in [0.29, 0.717) is 14.4 Å². The van der Waals surface area contributed by atoms with E-state index in [-0.39, 0.29) is 24.8 Å². The average molecular weight is 411 g/mol. The smallest absolute Gasteiger partial charge is 0.266 e. The molecule has 0 radical (unpaired) electrons. The van der Waals surface area contributed by atoms with Crippen molar-refractivity contribution in [3.8, 4) is 0 Å². The molecule has 2 aromatic rings. The second-order valence-electron chi connectivity index (χ2n) is 5.00. The van der Waals surface area contributed by atoms with Gasteiger partial charge in [-0.1, -0.05) is 48.3 Å². The maximum absolute atomic E-state index is 12.5. The van der Waals surface area contributed by atoms with Gasteiger partial charge in [-0.3, -0.25) is 14.5 Å². The van der Waals surface area contributed by atoms with Crippen molar-refractivity contribution in [1.82, 2.24) is 15.1 Å². The number of aromatic nitrogens is 2. The maximum atomic E-state index is 12.5. The van der Waals surface area contributed by atoms with Gasteiger partial charge in [0.05, 0.1) is 4.91 Å². The van der Waals surface area contributed by atoms with E-state index < -0.39 is 0 Å². The fourth-order valence-corrected chi connectivity index (χ4v) is 4.76. The van der Waals surface area contributed by atoms with Gasteiger partial charge in [-0.05, 0) is 23.9 Å². The number of amides is 2. The molecule has 1 fully saturated rings. The summed E-state index contributed by atoms with van der Waals surface area (Å²) in [6.07, 6.45) is 2.76. The van der Waals surface area contributed by atoms with E-state index in [4.69, 9.17) is 12.2 Å². The molecule has 1 aliphatic heterocycles. The number of thiophene rings is 1. The Morgan fingerprint density at radius 3 is 2.96 bits per heavy atom. The zero-order chi connectivity index (χ0) is 17.8. The molecule has 10 heteroatoms. The molecular formula is C15H14N4O2S4. The molecule has 1 aliphatic rings. The first-order valence-electron chi connectivity index (χ1n) is 7.48. The Balaban J connectivity index is 1.56. The van der Waals surface area contributed by atoms with E-state index in [1.54, 1.807) is 11.3 Å². The van der Waals surface area contributed by atoms with Crippen LogP contribution in [0.1, 0.15) is 23.2 Å². The molecule has 0 atom stereocenters. The van der Waals surface area contributed by atoms with Gasteiger partial charge in [0.1, 0.15) is 9.33 Å². The highest BCUT2D eigenvalue weighted by molar-refractivity contribution is 8.26. The zero-order valence-electron chi connectivity index (χ0n) is 13.2. The first kappa shape index (κ1) is 18.2. The van der Waals surface area contributed by atoms with Crippen LogP contribution in [0.3, 0.4) is 0 Å². The third-order valence-corrected chi connectivity index (χ3v) is 6.45. The van der Waals surface area contributed by atoms with Crippen molar-refractivity contribution in [2.24, 2.45) is 0 Å². The van der Waals surface area contributed by atoms with Crippen molar-refractivity contribution in [2.45, 2.75) is 19.8 Å². The third kappa shape index (κ3) is 4.51. The van der Waals surface area contributed by atoms with E-state index in [1.807, 2.05) is 30.5 Å². The van der Waals surface area contributed by atoms with Gasteiger partial charge in [-0.2, -0.15) is 0 Å². The number of nitrogens with one attached hydrogen (secondary N) is 1. The lowest BCUT2D eigenvalue weighted by Gasteiger charge is -2.13. The summed E-state index contributed by atoms with van der Waals surface area (Å²) in [7, 11) is 0. The number of anilines is 1. The fraction of sp³-hybridized carbons (Fsp3) is 0.267. The SMILES string of the molecule is CCc1nnc(NC(=O)CCN2C(=O)/C(=C/c3cccs3)SC2=S)s1. The van der Waals surface area contributed by atoms with Crippen LogP contribution in [0.2, 0.25) is 0 Å². The summed E-state index contributed by atoms with van der Waals surface area (Å²) >= 11 is 9.44. The van der Waals surface area contributed by atoms with Crippen LogP contribution < -0.4 is 5.32 Å². The Bertz CT molecular complexity index is 828. The predicted molar refractivity (Wildman–Crippen MR) is 107 cm³/mol. The number of rotatable bonds is 6. The Hall–Kier alpha value is -1.62. The molecule has 0 bridgehead atoms. The topological polar surface area (TPSA) is 75.2 Å². The fourth-order valence-electron chi connectivity index (χ4n) is 2.04. The normalized spacial score (nSPS) is 16.0. The minimum atomic E-state index is -0.213. The van der Waals surface area contributed by atoms with E-state index in [9.17, 15) is 9.59 Å². The van der Waals surface area contributed by atoms with Gasteiger partial charge in [0.2, 0.25) is 11.0 Å². The van der Waals surface area contributed by atoms with Gasteiger partial charge < -0.3 is 5.32 Å². The summed E-state index contributed by atoms with van der Waals surface area (Å²) in [5.41, 5.74) is 0. The lowest BCUT2D eigenvalue weighted by atomic mass is 10.3. The van der Waals surface area contributed by atoms with E-state index in [1.165, 1.54) is 28.0 Å². The Kier molecular flexibility index (Phi) is 5.94. The molecule has 3 heterocycles. The van der Waals surface area contributed by atoms with Crippen LogP contribution in [0.4, 0.5) is 5.13 Å². The van der Waals surface area contributed by atoms with E-state index in [0.717, 1.165) is 16.3 Å². The van der Waals surface area contributed by atoms with Crippen molar-refractivity contribution < 1.29 is 9.59 Å². The highest BCUT2D eigenvalue weighted by Crippen LogP contribution is 2.33. The number of thioether (sulfide) groups is 1. The molecule has 0 aromatic carbocycles. The molecule has 0 unspecified atom stereocenters. The van der Waals surface area contributed by atoms with Crippen LogP contribution in [0.5, 0.6) is 0 Å². The maximum Gasteiger partial charge on any atom is 0.266 e. The summed E-state index contributed by atoms with van der Waals surface area (Å²) in [6.45, 7) is 2.22. The summed E-state index contributed by atoms with van der Waals surface area (Å²) in [4.78, 5) is 27.6. The van der Waals surface area contributed by atoms with Gasteiger partial charge in [-0.25, -0.2) is 0 Å². The largest absolute Gasteiger partial charge is 0.300 e. The monoisotopic (exact) mass is 410 g/mol. The highest BCUT2D eigenvalue weighted by Gasteiger charge is 2.32. The van der Waals surface area contributed by atoms with Crippen molar-refractivity contribution in [2.75, 3.05) is 11.9 Å². The summed E-state index contributed by atoms with van der Waals surface area (Å²) in [6, 6.07) is 3.87. The number of carbonyl (C=O) groups is 2. The molecule has 6 nitrogen and oxygen atoms in total. The summed E-state index contributed by atoms with van der Waals surface area (Å²) in [5.74, 6) is -0.365. The number of carbonyl (C=O) groups excluding carboxylic acids is 2. The second-order valence-corrected chi connectivity index (χ2v) is 8.72. The molecule has 0 spiro atoms. The van der Waals surface area contributed by atoms with Crippen LogP contribution in [0.25, 0.3) is 6.08 Å². The van der Waals surface area contributed by atoms with Crippen molar-refractivity contribution in [3.05, 3.63) is 32.3 Å². The van der Waals surface area contributed by atoms with Crippen LogP contribution in [-0.4, -0.2) is 37.8 Å². The van der Waals surface area contributed by atoms with Crippen LogP contribution in [-0.2, 0) is 16.0 Å². The van der Waals surface area contributed by atoms with E-state index >= 15 is 0 Å². The quantitative estimate of drug-likeness (QED) is 0.581. The van der Waals surface area contributed by atoms with Crippen LogP contribution in [0, 0.1) is 0 Å². The van der Waals surface area contributed by atoms with Crippen molar-refractivity contribution >= 4 is 74.0 Å². The standard InChI is InChI=1S/C15H14N4O2S4/c1-2-12-17-18-14(25-12)16-11(20)5-6-19-13(21)10(24-15(19)22)8-9-4-3-7-23-9/h3-4,7-8H,2,5-6H2,1H3,(H,16,18,20)/b10-8-. The number of hydrogen-bond acceptors (Lipinski definition) is 8. The molecule has 1 N–H and O–H groups in total. The van der Waals surface area contributed by atoms with Gasteiger partial charge in [-0.15, -0.1) is 21.5 Å². The number of aryl methyl sites for hydroxylation is 1. The molecule has 2 amide bonds. The first-order valence-corrected chi connectivity index (χ1v) is 10.4. The summed E-state index contributed by atoms with van der Waals surface area (Å²) in [5, 5.41) is 13.9. The predicted octanol–water partition coefficient (Wildman–Crippen LogP) is 3.39. The summed E-state index contributed by atoms with van der Waals surface area (Å²) < 4.78 is 0.477. The molecule has 130 valence electrons. The van der Waals surface area contributed by atoms with Crippen LogP contribution >= 0.6 is 46.7 Å². The van der Waals surface area contributed by atoms with Crippen molar-refractivity contribution in [3.63, 3.8) is 0 Å². The Labute approximate surface area is 162 Å². The second kappa shape index (κ2) is 8.17. The average Bonchev–Trinajstić information content (AvgIpc) is 3.30. The molecule has 25 heavy (non-hydrogen) atoms. The van der Waals surface area contributed by atoms with Crippen LogP contribution in [0.15, 0.2) is 22.4 Å². The number of thiocarbonyl (C=S) groups is 1. The lowest BCUT2D eigenvalue weighted by molar-refractivity contribution is -0.122. The van der Waals surface area contributed by atoms with Crippen molar-refractivity contribution in [1.29, 1.82) is 0 Å². The van der Waals surface area contributed by atoms with Gasteiger partial charge >= 0.3 is 0 Å². The molecule has 2 aromatic heterocycles.